The van der Waals surface area contributed by atoms with Crippen LogP contribution in [-0.2, 0) is 11.4 Å². The molecule has 11 heteroatoms. The van der Waals surface area contributed by atoms with Gasteiger partial charge in [-0.3, -0.25) is 14.9 Å². The molecule has 0 unspecified atom stereocenters. The maximum absolute atomic E-state index is 12.6. The van der Waals surface area contributed by atoms with E-state index in [1.807, 2.05) is 37.3 Å². The van der Waals surface area contributed by atoms with Gasteiger partial charge in [0.15, 0.2) is 16.7 Å². The predicted molar refractivity (Wildman–Crippen MR) is 152 cm³/mol. The number of benzene rings is 3. The molecule has 0 radical (unpaired) electrons. The first-order chi connectivity index (χ1) is 17.9. The molecule has 0 atom stereocenters. The summed E-state index contributed by atoms with van der Waals surface area (Å²) in [4.78, 5) is 28.1. The number of amidine groups is 1. The number of amides is 1. The van der Waals surface area contributed by atoms with Crippen molar-refractivity contribution in [3.8, 4) is 17.2 Å². The molecule has 1 saturated heterocycles. The molecular weight excluding hydrogens is 609 g/mol. The lowest BCUT2D eigenvalue weighted by Gasteiger charge is -2.14. The summed E-state index contributed by atoms with van der Waals surface area (Å²) in [5, 5.41) is 14.3. The Balaban J connectivity index is 1.50. The Hall–Kier alpha value is -3.58. The quantitative estimate of drug-likeness (QED) is 0.132. The van der Waals surface area contributed by atoms with E-state index in [1.165, 1.54) is 31.0 Å². The maximum Gasteiger partial charge on any atom is 0.269 e. The molecule has 0 aromatic heterocycles. The topological polar surface area (TPSA) is 112 Å². The molecule has 1 aliphatic heterocycles. The monoisotopic (exact) mass is 631 g/mol. The zero-order valence-electron chi connectivity index (χ0n) is 19.9. The van der Waals surface area contributed by atoms with Gasteiger partial charge in [-0.2, -0.15) is 0 Å². The van der Waals surface area contributed by atoms with Gasteiger partial charge in [-0.05, 0) is 94.9 Å². The van der Waals surface area contributed by atoms with Gasteiger partial charge < -0.3 is 19.5 Å². The van der Waals surface area contributed by atoms with Crippen molar-refractivity contribution in [1.82, 2.24) is 5.32 Å². The minimum Gasteiger partial charge on any atom is -0.494 e. The second-order valence-electron chi connectivity index (χ2n) is 7.66. The predicted octanol–water partition coefficient (Wildman–Crippen LogP) is 6.08. The van der Waals surface area contributed by atoms with Crippen molar-refractivity contribution in [3.63, 3.8) is 0 Å². The van der Waals surface area contributed by atoms with E-state index in [4.69, 9.17) is 14.2 Å². The summed E-state index contributed by atoms with van der Waals surface area (Å²) in [6, 6.07) is 17.2. The summed E-state index contributed by atoms with van der Waals surface area (Å²) in [6.07, 6.45) is 1.76. The van der Waals surface area contributed by atoms with Gasteiger partial charge >= 0.3 is 0 Å². The fraction of sp³-hybridized carbons (Fsp3) is 0.154. The number of thioether (sulfide) groups is 1. The third-order valence-electron chi connectivity index (χ3n) is 5.08. The number of hydrogen-bond acceptors (Lipinski definition) is 8. The molecule has 1 amide bonds. The largest absolute Gasteiger partial charge is 0.494 e. The van der Waals surface area contributed by atoms with Gasteiger partial charge in [-0.15, -0.1) is 0 Å². The van der Waals surface area contributed by atoms with Crippen LogP contribution in [-0.4, -0.2) is 29.7 Å². The molecule has 9 nitrogen and oxygen atoms in total. The van der Waals surface area contributed by atoms with Crippen molar-refractivity contribution < 1.29 is 23.9 Å². The third-order valence-corrected chi connectivity index (χ3v) is 6.79. The molecule has 0 aliphatic carbocycles. The molecule has 4 rings (SSSR count). The van der Waals surface area contributed by atoms with Crippen LogP contribution >= 0.6 is 34.4 Å². The van der Waals surface area contributed by atoms with Crippen LogP contribution in [0.1, 0.15) is 18.1 Å². The van der Waals surface area contributed by atoms with E-state index in [0.29, 0.717) is 39.4 Å². The average Bonchev–Trinajstić information content (AvgIpc) is 3.22. The lowest BCUT2D eigenvalue weighted by molar-refractivity contribution is -0.384. The van der Waals surface area contributed by atoms with Crippen LogP contribution in [0.2, 0.25) is 0 Å². The van der Waals surface area contributed by atoms with Crippen molar-refractivity contribution >= 4 is 62.9 Å². The number of non-ortho nitro benzene ring substituents is 1. The van der Waals surface area contributed by atoms with E-state index in [-0.39, 0.29) is 18.2 Å². The van der Waals surface area contributed by atoms with E-state index in [1.54, 1.807) is 24.3 Å². The van der Waals surface area contributed by atoms with E-state index in [9.17, 15) is 14.9 Å². The second kappa shape index (κ2) is 12.1. The highest BCUT2D eigenvalue weighted by Crippen LogP contribution is 2.37. The lowest BCUT2D eigenvalue weighted by Crippen LogP contribution is -2.19. The Kier molecular flexibility index (Phi) is 8.66. The number of nitro benzene ring substituents is 1. The SMILES string of the molecule is CCOc1ccc(N=C2NC(=O)/C(=C\c3cc(I)c(OCc4cccc([N+](=O)[O-])c4)c(OC)c3)S2)cc1. The first kappa shape index (κ1) is 26.5. The molecule has 1 heterocycles. The van der Waals surface area contributed by atoms with Crippen molar-refractivity contribution in [2.24, 2.45) is 4.99 Å². The Morgan fingerprint density at radius 1 is 1.14 bits per heavy atom. The zero-order valence-corrected chi connectivity index (χ0v) is 22.9. The van der Waals surface area contributed by atoms with Crippen LogP contribution < -0.4 is 19.5 Å². The maximum atomic E-state index is 12.6. The van der Waals surface area contributed by atoms with Gasteiger partial charge in [0.2, 0.25) is 0 Å². The van der Waals surface area contributed by atoms with Crippen LogP contribution in [0.15, 0.2) is 70.6 Å². The highest BCUT2D eigenvalue weighted by Gasteiger charge is 2.24. The van der Waals surface area contributed by atoms with Gasteiger partial charge in [0, 0.05) is 12.1 Å². The molecule has 0 saturated carbocycles. The number of nitrogens with zero attached hydrogens (tertiary/aromatic N) is 2. The summed E-state index contributed by atoms with van der Waals surface area (Å²) in [7, 11) is 1.53. The smallest absolute Gasteiger partial charge is 0.269 e. The molecule has 0 bridgehead atoms. The fourth-order valence-corrected chi connectivity index (χ4v) is 5.03. The number of methoxy groups -OCH3 is 1. The first-order valence-electron chi connectivity index (χ1n) is 11.1. The van der Waals surface area contributed by atoms with E-state index < -0.39 is 4.92 Å². The fourth-order valence-electron chi connectivity index (χ4n) is 3.41. The minimum absolute atomic E-state index is 0.00232. The average molecular weight is 631 g/mol. The highest BCUT2D eigenvalue weighted by atomic mass is 127. The molecule has 1 N–H and O–H groups in total. The molecule has 37 heavy (non-hydrogen) atoms. The number of hydrogen-bond donors (Lipinski definition) is 1. The van der Waals surface area contributed by atoms with Crippen molar-refractivity contribution in [2.75, 3.05) is 13.7 Å². The van der Waals surface area contributed by atoms with Crippen LogP contribution in [0.3, 0.4) is 0 Å². The first-order valence-corrected chi connectivity index (χ1v) is 13.0. The van der Waals surface area contributed by atoms with Gasteiger partial charge in [-0.25, -0.2) is 4.99 Å². The van der Waals surface area contributed by atoms with Crippen molar-refractivity contribution in [3.05, 3.63) is 90.4 Å². The standard InChI is InChI=1S/C26H22IN3O6S/c1-3-35-20-9-7-18(8-10-20)28-26-29-25(31)23(37-26)14-17-12-21(27)24(22(13-17)34-2)36-15-16-5-4-6-19(11-16)30(32)33/h4-14H,3,15H2,1-2H3,(H,28,29,31)/b23-14+. The third kappa shape index (κ3) is 6.80. The number of nitrogens with one attached hydrogen (secondary N) is 1. The highest BCUT2D eigenvalue weighted by molar-refractivity contribution is 14.1. The Morgan fingerprint density at radius 3 is 2.62 bits per heavy atom. The molecular formula is C26H22IN3O6S. The summed E-state index contributed by atoms with van der Waals surface area (Å²) in [5.74, 6) is 1.51. The number of carbonyl (C=O) groups is 1. The van der Waals surface area contributed by atoms with E-state index in [0.717, 1.165) is 14.9 Å². The summed E-state index contributed by atoms with van der Waals surface area (Å²) in [6.45, 7) is 2.64. The molecule has 190 valence electrons. The molecule has 1 aliphatic rings. The lowest BCUT2D eigenvalue weighted by atomic mass is 10.1. The Morgan fingerprint density at radius 2 is 1.92 bits per heavy atom. The van der Waals surface area contributed by atoms with Crippen LogP contribution in [0.25, 0.3) is 6.08 Å². The normalized spacial score (nSPS) is 15.1. The van der Waals surface area contributed by atoms with Crippen LogP contribution in [0.5, 0.6) is 17.2 Å². The number of nitro groups is 1. The van der Waals surface area contributed by atoms with Gasteiger partial charge in [0.1, 0.15) is 12.4 Å². The van der Waals surface area contributed by atoms with Gasteiger partial charge in [0.25, 0.3) is 11.6 Å². The summed E-state index contributed by atoms with van der Waals surface area (Å²) < 4.78 is 17.7. The number of rotatable bonds is 9. The van der Waals surface area contributed by atoms with Crippen molar-refractivity contribution in [2.45, 2.75) is 13.5 Å². The molecule has 0 spiro atoms. The van der Waals surface area contributed by atoms with Crippen LogP contribution in [0, 0.1) is 13.7 Å². The van der Waals surface area contributed by atoms with Crippen LogP contribution in [0.4, 0.5) is 11.4 Å². The molecule has 1 fully saturated rings. The van der Waals surface area contributed by atoms with Crippen molar-refractivity contribution in [1.29, 1.82) is 0 Å². The number of ether oxygens (including phenoxy) is 3. The molecule has 3 aromatic carbocycles. The van der Waals surface area contributed by atoms with E-state index in [2.05, 4.69) is 32.9 Å². The van der Waals surface area contributed by atoms with E-state index >= 15 is 0 Å². The zero-order chi connectivity index (χ0) is 26.4. The second-order valence-corrected chi connectivity index (χ2v) is 9.85. The summed E-state index contributed by atoms with van der Waals surface area (Å²) in [5.41, 5.74) is 2.12. The number of aliphatic imine (C=N–C) groups is 1. The number of halogens is 1. The van der Waals surface area contributed by atoms with Gasteiger partial charge in [0.05, 0.1) is 32.8 Å². The Bertz CT molecular complexity index is 1390. The Labute approximate surface area is 231 Å². The molecule has 3 aromatic rings. The van der Waals surface area contributed by atoms with Gasteiger partial charge in [-0.1, -0.05) is 12.1 Å². The number of carbonyl (C=O) groups excluding carboxylic acids is 1. The minimum atomic E-state index is -0.443. The summed E-state index contributed by atoms with van der Waals surface area (Å²) >= 11 is 3.38.